The van der Waals surface area contributed by atoms with Gasteiger partial charge in [-0.05, 0) is 91.9 Å². The SMILES string of the molecule is Cc1cc2nn(CC3CCN(C(=O)c4ccc(Oc5ccc(F)cc5)cc4)CC3)cc2cc1C(=O)NCCN1CCOCC1. The Morgan fingerprint density at radius 1 is 0.977 bits per heavy atom. The first kappa shape index (κ1) is 29.8. The maximum absolute atomic E-state index is 13.1. The van der Waals surface area contributed by atoms with E-state index in [4.69, 9.17) is 14.6 Å². The van der Waals surface area contributed by atoms with Gasteiger partial charge in [-0.15, -0.1) is 0 Å². The zero-order chi connectivity index (χ0) is 30.5. The summed E-state index contributed by atoms with van der Waals surface area (Å²) in [5.41, 5.74) is 3.09. The molecule has 1 aromatic heterocycles. The first-order chi connectivity index (χ1) is 21.4. The number of hydrogen-bond donors (Lipinski definition) is 1. The van der Waals surface area contributed by atoms with Gasteiger partial charge in [-0.1, -0.05) is 0 Å². The molecule has 0 aliphatic carbocycles. The smallest absolute Gasteiger partial charge is 0.253 e. The summed E-state index contributed by atoms with van der Waals surface area (Å²) in [7, 11) is 0. The van der Waals surface area contributed by atoms with Gasteiger partial charge in [0.15, 0.2) is 0 Å². The van der Waals surface area contributed by atoms with Gasteiger partial charge in [0.25, 0.3) is 11.8 Å². The third kappa shape index (κ3) is 7.26. The summed E-state index contributed by atoms with van der Waals surface area (Å²) in [6.07, 6.45) is 3.81. The van der Waals surface area contributed by atoms with E-state index in [0.717, 1.165) is 68.7 Å². The molecule has 0 bridgehead atoms. The van der Waals surface area contributed by atoms with Crippen LogP contribution in [0.4, 0.5) is 4.39 Å². The molecule has 0 atom stereocenters. The monoisotopic (exact) mass is 599 g/mol. The first-order valence-corrected chi connectivity index (χ1v) is 15.3. The van der Waals surface area contributed by atoms with Gasteiger partial charge in [0, 0.05) is 68.5 Å². The Morgan fingerprint density at radius 3 is 2.36 bits per heavy atom. The highest BCUT2D eigenvalue weighted by Crippen LogP contribution is 2.25. The average Bonchev–Trinajstić information content (AvgIpc) is 3.43. The summed E-state index contributed by atoms with van der Waals surface area (Å²) in [4.78, 5) is 30.3. The fourth-order valence-electron chi connectivity index (χ4n) is 5.88. The largest absolute Gasteiger partial charge is 0.457 e. The fraction of sp³-hybridized carbons (Fsp3) is 0.382. The number of halogens is 1. The van der Waals surface area contributed by atoms with Crippen LogP contribution in [0.1, 0.15) is 39.1 Å². The van der Waals surface area contributed by atoms with Crippen LogP contribution in [-0.4, -0.2) is 83.9 Å². The molecule has 9 nitrogen and oxygen atoms in total. The molecule has 3 aromatic carbocycles. The lowest BCUT2D eigenvalue weighted by atomic mass is 9.96. The lowest BCUT2D eigenvalue weighted by Crippen LogP contribution is -2.41. The number of ether oxygens (including phenoxy) is 2. The quantitative estimate of drug-likeness (QED) is 0.295. The maximum Gasteiger partial charge on any atom is 0.253 e. The Bertz CT molecular complexity index is 1590. The van der Waals surface area contributed by atoms with E-state index in [1.807, 2.05) is 34.8 Å². The van der Waals surface area contributed by atoms with E-state index < -0.39 is 0 Å². The van der Waals surface area contributed by atoms with E-state index in [2.05, 4.69) is 10.2 Å². The minimum atomic E-state index is -0.319. The van der Waals surface area contributed by atoms with Gasteiger partial charge in [0.2, 0.25) is 0 Å². The molecule has 0 spiro atoms. The number of benzene rings is 3. The van der Waals surface area contributed by atoms with E-state index in [1.54, 1.807) is 36.4 Å². The van der Waals surface area contributed by atoms with Crippen LogP contribution in [0.5, 0.6) is 11.5 Å². The average molecular weight is 600 g/mol. The number of carbonyl (C=O) groups is 2. The highest BCUT2D eigenvalue weighted by atomic mass is 19.1. The normalized spacial score (nSPS) is 16.3. The summed E-state index contributed by atoms with van der Waals surface area (Å²) >= 11 is 0. The van der Waals surface area contributed by atoms with Crippen molar-refractivity contribution in [2.45, 2.75) is 26.3 Å². The zero-order valence-electron chi connectivity index (χ0n) is 25.0. The van der Waals surface area contributed by atoms with Crippen LogP contribution < -0.4 is 10.1 Å². The van der Waals surface area contributed by atoms with Gasteiger partial charge in [-0.3, -0.25) is 19.2 Å². The number of likely N-dealkylation sites (tertiary alicyclic amines) is 1. The Kier molecular flexibility index (Phi) is 9.18. The predicted octanol–water partition coefficient (Wildman–Crippen LogP) is 4.89. The van der Waals surface area contributed by atoms with Crippen LogP contribution >= 0.6 is 0 Å². The van der Waals surface area contributed by atoms with Crippen LogP contribution in [0.3, 0.4) is 0 Å². The number of carbonyl (C=O) groups excluding carboxylic acids is 2. The van der Waals surface area contributed by atoms with E-state index in [1.165, 1.54) is 12.1 Å². The van der Waals surface area contributed by atoms with Gasteiger partial charge >= 0.3 is 0 Å². The van der Waals surface area contributed by atoms with Gasteiger partial charge in [0.05, 0.1) is 18.7 Å². The number of nitrogens with one attached hydrogen (secondary N) is 1. The Labute approximate surface area is 256 Å². The minimum absolute atomic E-state index is 0.00726. The summed E-state index contributed by atoms with van der Waals surface area (Å²) in [6, 6.07) is 16.8. The van der Waals surface area contributed by atoms with Crippen LogP contribution in [0.25, 0.3) is 10.9 Å². The molecule has 2 saturated heterocycles. The Hall–Kier alpha value is -4.28. The number of aryl methyl sites for hydroxylation is 1. The maximum atomic E-state index is 13.1. The summed E-state index contributed by atoms with van der Waals surface area (Å²) in [5.74, 6) is 1.16. The van der Waals surface area contributed by atoms with Crippen molar-refractivity contribution in [1.82, 2.24) is 24.9 Å². The third-order valence-corrected chi connectivity index (χ3v) is 8.46. The van der Waals surface area contributed by atoms with Crippen molar-refractivity contribution in [1.29, 1.82) is 0 Å². The Morgan fingerprint density at radius 2 is 1.66 bits per heavy atom. The van der Waals surface area contributed by atoms with Crippen molar-refractivity contribution in [3.63, 3.8) is 0 Å². The van der Waals surface area contributed by atoms with Crippen LogP contribution in [0.2, 0.25) is 0 Å². The highest BCUT2D eigenvalue weighted by molar-refractivity contribution is 5.99. The van der Waals surface area contributed by atoms with E-state index in [0.29, 0.717) is 48.2 Å². The number of fused-ring (bicyclic) bond motifs is 1. The predicted molar refractivity (Wildman–Crippen MR) is 166 cm³/mol. The number of rotatable bonds is 9. The second-order valence-electron chi connectivity index (χ2n) is 11.6. The van der Waals surface area contributed by atoms with Gasteiger partial charge in [-0.25, -0.2) is 4.39 Å². The number of piperidine rings is 1. The van der Waals surface area contributed by atoms with Crippen molar-refractivity contribution < 1.29 is 23.5 Å². The minimum Gasteiger partial charge on any atom is -0.457 e. The molecule has 1 N–H and O–H groups in total. The van der Waals surface area contributed by atoms with Gasteiger partial charge < -0.3 is 19.7 Å². The summed E-state index contributed by atoms with van der Waals surface area (Å²) < 4.78 is 26.2. The van der Waals surface area contributed by atoms with Crippen LogP contribution in [-0.2, 0) is 11.3 Å². The van der Waals surface area contributed by atoms with E-state index >= 15 is 0 Å². The molecule has 44 heavy (non-hydrogen) atoms. The molecule has 2 aliphatic heterocycles. The van der Waals surface area contributed by atoms with Crippen LogP contribution in [0.15, 0.2) is 66.9 Å². The topological polar surface area (TPSA) is 88.9 Å². The van der Waals surface area contributed by atoms with Crippen molar-refractivity contribution in [3.05, 3.63) is 89.4 Å². The van der Waals surface area contributed by atoms with Gasteiger partial charge in [0.1, 0.15) is 17.3 Å². The molecule has 10 heteroatoms. The first-order valence-electron chi connectivity index (χ1n) is 15.3. The molecular weight excluding hydrogens is 561 g/mol. The second-order valence-corrected chi connectivity index (χ2v) is 11.6. The van der Waals surface area contributed by atoms with Gasteiger partial charge in [-0.2, -0.15) is 5.10 Å². The molecule has 0 unspecified atom stereocenters. The van der Waals surface area contributed by atoms with Crippen molar-refractivity contribution in [3.8, 4) is 11.5 Å². The number of aromatic nitrogens is 2. The molecule has 3 heterocycles. The number of amides is 2. The zero-order valence-corrected chi connectivity index (χ0v) is 25.0. The summed E-state index contributed by atoms with van der Waals surface area (Å²) in [6.45, 7) is 8.82. The molecular formula is C34H38FN5O4. The lowest BCUT2D eigenvalue weighted by molar-refractivity contribution is 0.0383. The van der Waals surface area contributed by atoms with Crippen LogP contribution in [0, 0.1) is 18.7 Å². The molecule has 4 aromatic rings. The summed E-state index contributed by atoms with van der Waals surface area (Å²) in [5, 5.41) is 8.81. The van der Waals surface area contributed by atoms with E-state index in [9.17, 15) is 14.0 Å². The molecule has 2 fully saturated rings. The highest BCUT2D eigenvalue weighted by Gasteiger charge is 2.24. The molecule has 2 aliphatic rings. The fourth-order valence-corrected chi connectivity index (χ4v) is 5.88. The third-order valence-electron chi connectivity index (χ3n) is 8.46. The van der Waals surface area contributed by atoms with E-state index in [-0.39, 0.29) is 17.6 Å². The van der Waals surface area contributed by atoms with Crippen molar-refractivity contribution >= 4 is 22.7 Å². The molecule has 0 radical (unpaired) electrons. The number of nitrogens with zero attached hydrogens (tertiary/aromatic N) is 4. The molecule has 2 amide bonds. The molecule has 0 saturated carbocycles. The Balaban J connectivity index is 0.994. The van der Waals surface area contributed by atoms with Crippen molar-refractivity contribution in [2.24, 2.45) is 5.92 Å². The second kappa shape index (κ2) is 13.6. The molecule has 230 valence electrons. The standard InChI is InChI=1S/C34H38FN5O4/c1-24-20-32-27(21-31(24)33(41)36-12-15-38-16-18-43-19-17-38)23-40(37-32)22-25-10-13-39(14-11-25)34(42)26-2-6-29(7-3-26)44-30-8-4-28(35)5-9-30/h2-9,20-21,23,25H,10-19,22H2,1H3,(H,36,41). The lowest BCUT2D eigenvalue weighted by Gasteiger charge is -2.32. The van der Waals surface area contributed by atoms with Crippen molar-refractivity contribution in [2.75, 3.05) is 52.5 Å². The number of morpholine rings is 1. The number of hydrogen-bond acceptors (Lipinski definition) is 6. The molecule has 6 rings (SSSR count).